The highest BCUT2D eigenvalue weighted by Crippen LogP contribution is 2.19. The Labute approximate surface area is 160 Å². The second-order valence-electron chi connectivity index (χ2n) is 6.43. The lowest BCUT2D eigenvalue weighted by Crippen LogP contribution is -2.35. The molecule has 0 aliphatic heterocycles. The van der Waals surface area contributed by atoms with E-state index in [-0.39, 0.29) is 25.5 Å². The molecule has 27 heavy (non-hydrogen) atoms. The number of nitriles is 1. The molecule has 0 spiro atoms. The zero-order valence-corrected chi connectivity index (χ0v) is 16.0. The van der Waals surface area contributed by atoms with Crippen LogP contribution in [0.1, 0.15) is 40.4 Å². The van der Waals surface area contributed by atoms with Crippen molar-refractivity contribution in [2.24, 2.45) is 0 Å². The number of hydrogen-bond acceptors (Lipinski definition) is 4. The fourth-order valence-corrected chi connectivity index (χ4v) is 2.83. The molecular weight excluding hydrogens is 340 g/mol. The lowest BCUT2D eigenvalue weighted by Gasteiger charge is -2.22. The zero-order chi connectivity index (χ0) is 19.8. The molecule has 0 saturated heterocycles. The molecule has 0 heterocycles. The van der Waals surface area contributed by atoms with Gasteiger partial charge < -0.3 is 9.64 Å². The number of hydrogen-bond donors (Lipinski definition) is 0. The maximum atomic E-state index is 12.6. The molecule has 0 saturated carbocycles. The van der Waals surface area contributed by atoms with E-state index < -0.39 is 5.97 Å². The number of rotatable bonds is 7. The molecule has 2 rings (SSSR count). The number of amides is 1. The van der Waals surface area contributed by atoms with Crippen LogP contribution in [-0.4, -0.2) is 25.0 Å². The number of benzene rings is 2. The Morgan fingerprint density at radius 1 is 1.07 bits per heavy atom. The summed E-state index contributed by atoms with van der Waals surface area (Å²) in [5.41, 5.74) is 4.28. The van der Waals surface area contributed by atoms with Crippen molar-refractivity contribution >= 4 is 17.6 Å². The van der Waals surface area contributed by atoms with Crippen molar-refractivity contribution < 1.29 is 14.3 Å². The summed E-state index contributed by atoms with van der Waals surface area (Å²) in [5, 5.41) is 8.89. The number of anilines is 1. The van der Waals surface area contributed by atoms with Crippen molar-refractivity contribution in [3.05, 3.63) is 64.7 Å². The van der Waals surface area contributed by atoms with Crippen LogP contribution in [0.5, 0.6) is 0 Å². The highest BCUT2D eigenvalue weighted by molar-refractivity contribution is 5.97. The van der Waals surface area contributed by atoms with Gasteiger partial charge in [-0.05, 0) is 61.2 Å². The SMILES string of the molecule is CCc1ccc(C(=O)OCC(=O)N(CCC#N)c2cc(C)cc(C)c2)cc1. The monoisotopic (exact) mass is 364 g/mol. The van der Waals surface area contributed by atoms with Gasteiger partial charge in [0.05, 0.1) is 18.1 Å². The van der Waals surface area contributed by atoms with Gasteiger partial charge in [-0.3, -0.25) is 4.79 Å². The smallest absolute Gasteiger partial charge is 0.338 e. The van der Waals surface area contributed by atoms with E-state index in [0.717, 1.165) is 23.1 Å². The van der Waals surface area contributed by atoms with Crippen molar-refractivity contribution in [1.29, 1.82) is 5.26 Å². The maximum Gasteiger partial charge on any atom is 0.338 e. The standard InChI is InChI=1S/C22H24N2O3/c1-4-18-6-8-19(9-7-18)22(26)27-15-21(25)24(11-5-10-23)20-13-16(2)12-17(3)14-20/h6-9,12-14H,4-5,11,15H2,1-3H3. The molecule has 2 aromatic carbocycles. The summed E-state index contributed by atoms with van der Waals surface area (Å²) in [6, 6.07) is 15.0. The van der Waals surface area contributed by atoms with Gasteiger partial charge in [0.1, 0.15) is 0 Å². The normalized spacial score (nSPS) is 10.1. The molecule has 0 radical (unpaired) electrons. The largest absolute Gasteiger partial charge is 0.452 e. The molecule has 5 nitrogen and oxygen atoms in total. The van der Waals surface area contributed by atoms with E-state index in [1.807, 2.05) is 51.1 Å². The first-order valence-corrected chi connectivity index (χ1v) is 8.96. The van der Waals surface area contributed by atoms with Crippen molar-refractivity contribution in [2.45, 2.75) is 33.6 Å². The van der Waals surface area contributed by atoms with E-state index in [9.17, 15) is 9.59 Å². The topological polar surface area (TPSA) is 70.4 Å². The second-order valence-corrected chi connectivity index (χ2v) is 6.43. The molecule has 0 unspecified atom stereocenters. The summed E-state index contributed by atoms with van der Waals surface area (Å²) in [6.45, 7) is 5.81. The van der Waals surface area contributed by atoms with Crippen LogP contribution in [0.2, 0.25) is 0 Å². The number of ether oxygens (including phenoxy) is 1. The molecule has 1 amide bonds. The van der Waals surface area contributed by atoms with Crippen LogP contribution >= 0.6 is 0 Å². The third kappa shape index (κ3) is 5.68. The van der Waals surface area contributed by atoms with E-state index in [1.54, 1.807) is 12.1 Å². The third-order valence-corrected chi connectivity index (χ3v) is 4.19. The first-order valence-electron chi connectivity index (χ1n) is 8.96. The van der Waals surface area contributed by atoms with Gasteiger partial charge in [-0.15, -0.1) is 0 Å². The number of carbonyl (C=O) groups is 2. The lowest BCUT2D eigenvalue weighted by molar-refractivity contribution is -0.121. The average molecular weight is 364 g/mol. The van der Waals surface area contributed by atoms with Crippen LogP contribution in [0.4, 0.5) is 5.69 Å². The van der Waals surface area contributed by atoms with E-state index in [2.05, 4.69) is 6.07 Å². The zero-order valence-electron chi connectivity index (χ0n) is 16.0. The van der Waals surface area contributed by atoms with Gasteiger partial charge in [0.15, 0.2) is 6.61 Å². The Morgan fingerprint density at radius 2 is 1.70 bits per heavy atom. The number of aryl methyl sites for hydroxylation is 3. The van der Waals surface area contributed by atoms with Crippen molar-refractivity contribution in [3.8, 4) is 6.07 Å². The van der Waals surface area contributed by atoms with Crippen LogP contribution < -0.4 is 4.90 Å². The summed E-state index contributed by atoms with van der Waals surface area (Å²) in [6.07, 6.45) is 1.09. The summed E-state index contributed by atoms with van der Waals surface area (Å²) in [4.78, 5) is 26.3. The molecular formula is C22H24N2O3. The van der Waals surface area contributed by atoms with Crippen LogP contribution in [0.15, 0.2) is 42.5 Å². The molecule has 0 atom stereocenters. The van der Waals surface area contributed by atoms with Crippen molar-refractivity contribution in [3.63, 3.8) is 0 Å². The molecule has 2 aromatic rings. The summed E-state index contributed by atoms with van der Waals surface area (Å²) in [7, 11) is 0. The first-order chi connectivity index (χ1) is 12.9. The molecule has 0 aromatic heterocycles. The van der Waals surface area contributed by atoms with E-state index >= 15 is 0 Å². The van der Waals surface area contributed by atoms with Gasteiger partial charge >= 0.3 is 5.97 Å². The Hall–Kier alpha value is -3.13. The Kier molecular flexibility index (Phi) is 7.13. The van der Waals surface area contributed by atoms with E-state index in [0.29, 0.717) is 11.3 Å². The van der Waals surface area contributed by atoms with Crippen molar-refractivity contribution in [2.75, 3.05) is 18.1 Å². The fraction of sp³-hybridized carbons (Fsp3) is 0.318. The lowest BCUT2D eigenvalue weighted by atomic mass is 10.1. The van der Waals surface area contributed by atoms with Gasteiger partial charge in [0, 0.05) is 12.2 Å². The number of carbonyl (C=O) groups excluding carboxylic acids is 2. The minimum atomic E-state index is -0.536. The van der Waals surface area contributed by atoms with E-state index in [1.165, 1.54) is 4.90 Å². The Bertz CT molecular complexity index is 831. The minimum Gasteiger partial charge on any atom is -0.452 e. The second kappa shape index (κ2) is 9.54. The predicted molar refractivity (Wildman–Crippen MR) is 105 cm³/mol. The van der Waals surface area contributed by atoms with Crippen LogP contribution in [0.25, 0.3) is 0 Å². The van der Waals surface area contributed by atoms with Gasteiger partial charge in [-0.2, -0.15) is 5.26 Å². The summed E-state index contributed by atoms with van der Waals surface area (Å²) >= 11 is 0. The van der Waals surface area contributed by atoms with Gasteiger partial charge in [0.25, 0.3) is 5.91 Å². The van der Waals surface area contributed by atoms with Crippen LogP contribution in [0.3, 0.4) is 0 Å². The number of nitrogens with zero attached hydrogens (tertiary/aromatic N) is 2. The quantitative estimate of drug-likeness (QED) is 0.697. The van der Waals surface area contributed by atoms with Gasteiger partial charge in [0.2, 0.25) is 0 Å². The number of esters is 1. The summed E-state index contributed by atoms with van der Waals surface area (Å²) in [5.74, 6) is -0.888. The fourth-order valence-electron chi connectivity index (χ4n) is 2.83. The molecule has 140 valence electrons. The van der Waals surface area contributed by atoms with Gasteiger partial charge in [-0.1, -0.05) is 25.1 Å². The Morgan fingerprint density at radius 3 is 2.26 bits per heavy atom. The molecule has 0 fully saturated rings. The van der Waals surface area contributed by atoms with Crippen LogP contribution in [-0.2, 0) is 16.0 Å². The first kappa shape index (κ1) is 20.2. The molecule has 0 aliphatic rings. The van der Waals surface area contributed by atoms with Crippen molar-refractivity contribution in [1.82, 2.24) is 0 Å². The van der Waals surface area contributed by atoms with E-state index in [4.69, 9.17) is 10.00 Å². The minimum absolute atomic E-state index is 0.200. The highest BCUT2D eigenvalue weighted by Gasteiger charge is 2.18. The molecule has 5 heteroatoms. The molecule has 0 bridgehead atoms. The molecule has 0 aliphatic carbocycles. The average Bonchev–Trinajstić information content (AvgIpc) is 2.65. The van der Waals surface area contributed by atoms with Gasteiger partial charge in [-0.25, -0.2) is 4.79 Å². The highest BCUT2D eigenvalue weighted by atomic mass is 16.5. The summed E-state index contributed by atoms with van der Waals surface area (Å²) < 4.78 is 5.19. The third-order valence-electron chi connectivity index (χ3n) is 4.19. The Balaban J connectivity index is 2.08. The maximum absolute atomic E-state index is 12.6. The predicted octanol–water partition coefficient (Wildman–Crippen LogP) is 3.97. The molecule has 0 N–H and O–H groups in total. The van der Waals surface area contributed by atoms with Crippen LogP contribution in [0, 0.1) is 25.2 Å².